The highest BCUT2D eigenvalue weighted by Crippen LogP contribution is 2.45. The molecular weight excluding hydrogens is 516 g/mol. The first-order valence-electron chi connectivity index (χ1n) is 12.5. The van der Waals surface area contributed by atoms with E-state index in [2.05, 4.69) is 29.9 Å². The molecular formula is C28H30N4O4SSi. The number of aromatic nitrogens is 3. The zero-order valence-electron chi connectivity index (χ0n) is 22.1. The molecule has 1 aliphatic carbocycles. The molecule has 0 bridgehead atoms. The van der Waals surface area contributed by atoms with Crippen molar-refractivity contribution in [3.8, 4) is 27.6 Å². The summed E-state index contributed by atoms with van der Waals surface area (Å²) >= 11 is 1.53. The van der Waals surface area contributed by atoms with E-state index in [4.69, 9.17) is 14.6 Å². The molecule has 0 aliphatic heterocycles. The van der Waals surface area contributed by atoms with Crippen molar-refractivity contribution in [2.24, 2.45) is 0 Å². The second kappa shape index (κ2) is 10.3. The molecule has 8 nitrogen and oxygen atoms in total. The number of fused-ring (bicyclic) bond motifs is 3. The highest BCUT2D eigenvalue weighted by Gasteiger charge is 2.38. The SMILES string of the molecule is Cc1nc(C)c(-c2c3c(nn2COCC[Si](C)(C)C)-c2cccc(NC(=O)Oc4ccccc4)c2C3=O)s1. The van der Waals surface area contributed by atoms with Gasteiger partial charge in [0.15, 0.2) is 5.78 Å². The molecule has 1 N–H and O–H groups in total. The van der Waals surface area contributed by atoms with E-state index in [1.54, 1.807) is 41.1 Å². The van der Waals surface area contributed by atoms with Gasteiger partial charge in [0, 0.05) is 20.2 Å². The van der Waals surface area contributed by atoms with Crippen LogP contribution in [0.5, 0.6) is 5.75 Å². The van der Waals surface area contributed by atoms with E-state index in [9.17, 15) is 9.59 Å². The number of ketones is 1. The van der Waals surface area contributed by atoms with E-state index in [0.29, 0.717) is 46.1 Å². The fourth-order valence-corrected chi connectivity index (χ4v) is 6.16. The summed E-state index contributed by atoms with van der Waals surface area (Å²) in [7, 11) is -1.24. The maximum Gasteiger partial charge on any atom is 0.417 e. The Hall–Kier alpha value is -3.60. The third-order valence-corrected chi connectivity index (χ3v) is 9.03. The van der Waals surface area contributed by atoms with E-state index in [0.717, 1.165) is 21.6 Å². The molecule has 0 atom stereocenters. The lowest BCUT2D eigenvalue weighted by molar-refractivity contribution is 0.0798. The van der Waals surface area contributed by atoms with Gasteiger partial charge >= 0.3 is 6.09 Å². The first-order chi connectivity index (χ1) is 18.1. The van der Waals surface area contributed by atoms with Crippen molar-refractivity contribution >= 4 is 37.0 Å². The predicted molar refractivity (Wildman–Crippen MR) is 152 cm³/mol. The van der Waals surface area contributed by atoms with Gasteiger partial charge in [-0.05, 0) is 38.1 Å². The lowest BCUT2D eigenvalue weighted by atomic mass is 10.1. The Kier molecular flexibility index (Phi) is 7.04. The minimum atomic E-state index is -1.24. The average Bonchev–Trinajstić information content (AvgIpc) is 3.48. The standard InChI is InChI=1S/C28H30N4O4SSi/c1-17-27(37-18(2)29-17)25-23-24(31-32(25)16-35-14-15-38(3,4)5)20-12-9-13-21(22(20)26(23)33)30-28(34)36-19-10-7-6-8-11-19/h6-13H,14-16H2,1-5H3,(H,30,34). The van der Waals surface area contributed by atoms with Crippen molar-refractivity contribution in [2.45, 2.75) is 46.3 Å². The van der Waals surface area contributed by atoms with E-state index in [1.807, 2.05) is 26.0 Å². The lowest BCUT2D eigenvalue weighted by Gasteiger charge is -2.16. The number of amides is 1. The van der Waals surface area contributed by atoms with E-state index >= 15 is 0 Å². The van der Waals surface area contributed by atoms with Crippen LogP contribution in [0.2, 0.25) is 25.7 Å². The molecule has 196 valence electrons. The molecule has 2 aromatic carbocycles. The molecule has 0 saturated carbocycles. The molecule has 1 aliphatic rings. The Bertz CT molecular complexity index is 1520. The zero-order chi connectivity index (χ0) is 27.0. The van der Waals surface area contributed by atoms with Crippen molar-refractivity contribution in [2.75, 3.05) is 11.9 Å². The summed E-state index contributed by atoms with van der Waals surface area (Å²) < 4.78 is 13.2. The Morgan fingerprint density at radius 2 is 1.82 bits per heavy atom. The summed E-state index contributed by atoms with van der Waals surface area (Å²) in [4.78, 5) is 32.0. The molecule has 0 saturated heterocycles. The van der Waals surface area contributed by atoms with Crippen LogP contribution in [-0.4, -0.2) is 41.3 Å². The molecule has 38 heavy (non-hydrogen) atoms. The van der Waals surface area contributed by atoms with Crippen LogP contribution in [0.3, 0.4) is 0 Å². The van der Waals surface area contributed by atoms with Gasteiger partial charge in [0.2, 0.25) is 0 Å². The van der Waals surface area contributed by atoms with Gasteiger partial charge in [-0.1, -0.05) is 50.0 Å². The summed E-state index contributed by atoms with van der Waals surface area (Å²) in [5, 5.41) is 8.50. The second-order valence-electron chi connectivity index (χ2n) is 10.5. The number of aryl methyl sites for hydroxylation is 2. The van der Waals surface area contributed by atoms with Crippen LogP contribution in [-0.2, 0) is 11.5 Å². The number of thiazole rings is 1. The predicted octanol–water partition coefficient (Wildman–Crippen LogP) is 6.76. The van der Waals surface area contributed by atoms with Crippen LogP contribution >= 0.6 is 11.3 Å². The number of benzene rings is 2. The number of para-hydroxylation sites is 1. The molecule has 2 heterocycles. The topological polar surface area (TPSA) is 95.3 Å². The monoisotopic (exact) mass is 546 g/mol. The second-order valence-corrected chi connectivity index (χ2v) is 17.3. The third kappa shape index (κ3) is 5.20. The lowest BCUT2D eigenvalue weighted by Crippen LogP contribution is -2.22. The number of hydrogen-bond donors (Lipinski definition) is 1. The van der Waals surface area contributed by atoms with Crippen LogP contribution in [0.4, 0.5) is 10.5 Å². The van der Waals surface area contributed by atoms with Crippen molar-refractivity contribution in [3.63, 3.8) is 0 Å². The first-order valence-corrected chi connectivity index (χ1v) is 17.0. The van der Waals surface area contributed by atoms with Gasteiger partial charge in [-0.2, -0.15) is 5.10 Å². The highest BCUT2D eigenvalue weighted by atomic mass is 32.1. The molecule has 5 rings (SSSR count). The highest BCUT2D eigenvalue weighted by molar-refractivity contribution is 7.15. The first kappa shape index (κ1) is 26.0. The molecule has 0 fully saturated rings. The van der Waals surface area contributed by atoms with Gasteiger partial charge in [0.25, 0.3) is 0 Å². The number of rotatable bonds is 8. The van der Waals surface area contributed by atoms with Crippen molar-refractivity contribution < 1.29 is 19.1 Å². The maximum absolute atomic E-state index is 13.9. The minimum absolute atomic E-state index is 0.195. The van der Waals surface area contributed by atoms with Crippen LogP contribution in [0.1, 0.15) is 26.6 Å². The normalized spacial score (nSPS) is 12.4. The quantitative estimate of drug-likeness (QED) is 0.171. The minimum Gasteiger partial charge on any atom is -0.410 e. The number of carbonyl (C=O) groups excluding carboxylic acids is 2. The molecule has 4 aromatic rings. The van der Waals surface area contributed by atoms with Gasteiger partial charge < -0.3 is 9.47 Å². The Morgan fingerprint density at radius 3 is 2.50 bits per heavy atom. The number of anilines is 1. The van der Waals surface area contributed by atoms with E-state index < -0.39 is 14.2 Å². The Balaban J connectivity index is 1.49. The van der Waals surface area contributed by atoms with Crippen molar-refractivity contribution in [1.29, 1.82) is 0 Å². The fraction of sp³-hybridized carbons (Fsp3) is 0.286. The van der Waals surface area contributed by atoms with E-state index in [1.165, 1.54) is 11.3 Å². The number of ether oxygens (including phenoxy) is 2. The largest absolute Gasteiger partial charge is 0.417 e. The third-order valence-electron chi connectivity index (χ3n) is 6.25. The number of nitrogens with one attached hydrogen (secondary N) is 1. The van der Waals surface area contributed by atoms with Gasteiger partial charge in [-0.15, -0.1) is 11.3 Å². The van der Waals surface area contributed by atoms with Crippen LogP contribution in [0.15, 0.2) is 48.5 Å². The van der Waals surface area contributed by atoms with Crippen LogP contribution in [0, 0.1) is 13.8 Å². The molecule has 0 unspecified atom stereocenters. The smallest absolute Gasteiger partial charge is 0.410 e. The zero-order valence-corrected chi connectivity index (χ0v) is 23.9. The summed E-state index contributed by atoms with van der Waals surface area (Å²) in [6.07, 6.45) is -0.669. The number of nitrogens with zero attached hydrogens (tertiary/aromatic N) is 3. The van der Waals surface area contributed by atoms with Gasteiger partial charge in [0.1, 0.15) is 18.2 Å². The molecule has 0 radical (unpaired) electrons. The summed E-state index contributed by atoms with van der Waals surface area (Å²) in [6, 6.07) is 15.2. The average molecular weight is 547 g/mol. The van der Waals surface area contributed by atoms with Crippen LogP contribution < -0.4 is 10.1 Å². The Morgan fingerprint density at radius 1 is 1.05 bits per heavy atom. The fourth-order valence-electron chi connectivity index (χ4n) is 4.42. The molecule has 10 heteroatoms. The Labute approximate surface area is 226 Å². The molecule has 1 amide bonds. The number of hydrogen-bond acceptors (Lipinski definition) is 7. The van der Waals surface area contributed by atoms with E-state index in [-0.39, 0.29) is 12.5 Å². The van der Waals surface area contributed by atoms with Gasteiger partial charge in [-0.25, -0.2) is 14.5 Å². The molecule has 0 spiro atoms. The summed E-state index contributed by atoms with van der Waals surface area (Å²) in [5.41, 5.74) is 4.09. The summed E-state index contributed by atoms with van der Waals surface area (Å²) in [5.74, 6) is 0.218. The van der Waals surface area contributed by atoms with Gasteiger partial charge in [0.05, 0.1) is 38.1 Å². The molecule has 2 aromatic heterocycles. The van der Waals surface area contributed by atoms with Crippen LogP contribution in [0.25, 0.3) is 21.8 Å². The van der Waals surface area contributed by atoms with Crippen molar-refractivity contribution in [1.82, 2.24) is 14.8 Å². The van der Waals surface area contributed by atoms with Gasteiger partial charge in [-0.3, -0.25) is 10.1 Å². The summed E-state index contributed by atoms with van der Waals surface area (Å²) in [6.45, 7) is 11.7. The maximum atomic E-state index is 13.9. The number of carbonyl (C=O) groups is 2. The van der Waals surface area contributed by atoms with Crippen molar-refractivity contribution in [3.05, 3.63) is 70.4 Å².